The van der Waals surface area contributed by atoms with Crippen molar-refractivity contribution < 1.29 is 8.42 Å². The lowest BCUT2D eigenvalue weighted by molar-refractivity contribution is 0.459. The Kier molecular flexibility index (Phi) is 5.55. The van der Waals surface area contributed by atoms with E-state index in [1.807, 2.05) is 6.92 Å². The van der Waals surface area contributed by atoms with E-state index in [-0.39, 0.29) is 4.90 Å². The number of anilines is 1. The third-order valence-electron chi connectivity index (χ3n) is 2.57. The van der Waals surface area contributed by atoms with E-state index in [4.69, 9.17) is 0 Å². The van der Waals surface area contributed by atoms with Gasteiger partial charge in [0.15, 0.2) is 0 Å². The van der Waals surface area contributed by atoms with Crippen molar-refractivity contribution >= 4 is 31.8 Å². The molecule has 0 saturated heterocycles. The molecule has 1 N–H and O–H groups in total. The van der Waals surface area contributed by atoms with Gasteiger partial charge < -0.3 is 5.32 Å². The molecular formula is C11H18BrN3O2S. The monoisotopic (exact) mass is 335 g/mol. The molecular weight excluding hydrogens is 318 g/mol. The first kappa shape index (κ1) is 15.4. The molecule has 0 aliphatic heterocycles. The van der Waals surface area contributed by atoms with Gasteiger partial charge in [-0.05, 0) is 28.4 Å². The maximum Gasteiger partial charge on any atom is 0.246 e. The van der Waals surface area contributed by atoms with Gasteiger partial charge in [-0.15, -0.1) is 0 Å². The van der Waals surface area contributed by atoms with Gasteiger partial charge in [0.05, 0.1) is 0 Å². The topological polar surface area (TPSA) is 62.3 Å². The molecule has 0 aromatic carbocycles. The minimum atomic E-state index is -3.50. The second-order valence-corrected chi connectivity index (χ2v) is 6.86. The Hall–Kier alpha value is -0.660. The van der Waals surface area contributed by atoms with Crippen LogP contribution < -0.4 is 5.32 Å². The van der Waals surface area contributed by atoms with Crippen LogP contribution in [0.5, 0.6) is 0 Å². The largest absolute Gasteiger partial charge is 0.372 e. The average molecular weight is 336 g/mol. The van der Waals surface area contributed by atoms with Crippen molar-refractivity contribution in [2.24, 2.45) is 0 Å². The highest BCUT2D eigenvalue weighted by atomic mass is 79.9. The zero-order chi connectivity index (χ0) is 13.8. The lowest BCUT2D eigenvalue weighted by Crippen LogP contribution is -2.28. The van der Waals surface area contributed by atoms with Crippen molar-refractivity contribution in [3.63, 3.8) is 0 Å². The molecule has 0 radical (unpaired) electrons. The van der Waals surface area contributed by atoms with Crippen molar-refractivity contribution in [1.29, 1.82) is 0 Å². The van der Waals surface area contributed by atoms with E-state index in [9.17, 15) is 8.42 Å². The van der Waals surface area contributed by atoms with E-state index in [1.165, 1.54) is 4.31 Å². The van der Waals surface area contributed by atoms with Crippen LogP contribution in [-0.2, 0) is 10.0 Å². The first-order valence-corrected chi connectivity index (χ1v) is 7.96. The van der Waals surface area contributed by atoms with Gasteiger partial charge in [-0.1, -0.05) is 13.3 Å². The Morgan fingerprint density at radius 1 is 1.50 bits per heavy atom. The SMILES string of the molecule is CCCCN(C)S(=O)(=O)c1cc(Br)cnc1NC. The van der Waals surface area contributed by atoms with Crippen LogP contribution >= 0.6 is 15.9 Å². The Labute approximate surface area is 117 Å². The summed E-state index contributed by atoms with van der Waals surface area (Å²) in [5.41, 5.74) is 0. The molecule has 0 amide bonds. The van der Waals surface area contributed by atoms with Gasteiger partial charge in [-0.25, -0.2) is 17.7 Å². The molecule has 0 bridgehead atoms. The van der Waals surface area contributed by atoms with Crippen molar-refractivity contribution in [2.45, 2.75) is 24.7 Å². The summed E-state index contributed by atoms with van der Waals surface area (Å²) in [6.45, 7) is 2.54. The molecule has 1 aromatic heterocycles. The highest BCUT2D eigenvalue weighted by Gasteiger charge is 2.24. The van der Waals surface area contributed by atoms with Crippen molar-refractivity contribution in [3.8, 4) is 0 Å². The Morgan fingerprint density at radius 2 is 2.17 bits per heavy atom. The Balaban J connectivity index is 3.14. The Morgan fingerprint density at radius 3 is 2.72 bits per heavy atom. The molecule has 18 heavy (non-hydrogen) atoms. The fourth-order valence-corrected chi connectivity index (χ4v) is 3.34. The standard InChI is InChI=1S/C11H18BrN3O2S/c1-4-5-6-15(3)18(16,17)10-7-9(12)8-14-11(10)13-2/h7-8H,4-6H2,1-3H3,(H,13,14). The number of sulfonamides is 1. The molecule has 0 unspecified atom stereocenters. The second-order valence-electron chi connectivity index (χ2n) is 3.93. The van der Waals surface area contributed by atoms with E-state index in [0.29, 0.717) is 16.8 Å². The number of pyridine rings is 1. The third-order valence-corrected chi connectivity index (χ3v) is 4.87. The summed E-state index contributed by atoms with van der Waals surface area (Å²) in [6, 6.07) is 1.57. The van der Waals surface area contributed by atoms with Gasteiger partial charge in [-0.2, -0.15) is 0 Å². The van der Waals surface area contributed by atoms with Gasteiger partial charge in [0, 0.05) is 31.3 Å². The van der Waals surface area contributed by atoms with Crippen molar-refractivity contribution in [2.75, 3.05) is 26.0 Å². The van der Waals surface area contributed by atoms with Gasteiger partial charge in [-0.3, -0.25) is 0 Å². The maximum absolute atomic E-state index is 12.4. The number of halogens is 1. The predicted octanol–water partition coefficient (Wildman–Crippen LogP) is 2.31. The van der Waals surface area contributed by atoms with Crippen LogP contribution in [-0.4, -0.2) is 38.3 Å². The Bertz CT molecular complexity index is 505. The lowest BCUT2D eigenvalue weighted by atomic mass is 10.3. The number of aromatic nitrogens is 1. The second kappa shape index (κ2) is 6.49. The molecule has 1 heterocycles. The zero-order valence-corrected chi connectivity index (χ0v) is 13.2. The summed E-state index contributed by atoms with van der Waals surface area (Å²) < 4.78 is 26.8. The quantitative estimate of drug-likeness (QED) is 0.866. The van der Waals surface area contributed by atoms with Gasteiger partial charge in [0.25, 0.3) is 0 Å². The van der Waals surface area contributed by atoms with E-state index in [2.05, 4.69) is 26.2 Å². The third kappa shape index (κ3) is 3.43. The summed E-state index contributed by atoms with van der Waals surface area (Å²) >= 11 is 3.25. The normalized spacial score (nSPS) is 11.8. The highest BCUT2D eigenvalue weighted by Crippen LogP contribution is 2.25. The van der Waals surface area contributed by atoms with E-state index in [0.717, 1.165) is 12.8 Å². The smallest absolute Gasteiger partial charge is 0.246 e. The van der Waals surface area contributed by atoms with Gasteiger partial charge in [0.2, 0.25) is 10.0 Å². The van der Waals surface area contributed by atoms with E-state index >= 15 is 0 Å². The summed E-state index contributed by atoms with van der Waals surface area (Å²) in [6.07, 6.45) is 3.36. The molecule has 0 fully saturated rings. The molecule has 0 atom stereocenters. The molecule has 102 valence electrons. The predicted molar refractivity (Wildman–Crippen MR) is 76.2 cm³/mol. The molecule has 0 saturated carbocycles. The fraction of sp³-hybridized carbons (Fsp3) is 0.545. The van der Waals surface area contributed by atoms with Crippen LogP contribution in [0.15, 0.2) is 21.6 Å². The van der Waals surface area contributed by atoms with Crippen LogP contribution in [0.2, 0.25) is 0 Å². The number of hydrogen-bond acceptors (Lipinski definition) is 4. The number of unbranched alkanes of at least 4 members (excludes halogenated alkanes) is 1. The van der Waals surface area contributed by atoms with Gasteiger partial charge >= 0.3 is 0 Å². The molecule has 0 spiro atoms. The van der Waals surface area contributed by atoms with Crippen LogP contribution in [0.3, 0.4) is 0 Å². The van der Waals surface area contributed by atoms with E-state index in [1.54, 1.807) is 26.4 Å². The first-order valence-electron chi connectivity index (χ1n) is 5.73. The fourth-order valence-electron chi connectivity index (χ4n) is 1.47. The molecule has 1 aromatic rings. The van der Waals surface area contributed by atoms with Crippen LogP contribution in [0, 0.1) is 0 Å². The summed E-state index contributed by atoms with van der Waals surface area (Å²) in [5, 5.41) is 2.80. The first-order chi connectivity index (χ1) is 8.43. The van der Waals surface area contributed by atoms with Gasteiger partial charge in [0.1, 0.15) is 10.7 Å². The van der Waals surface area contributed by atoms with E-state index < -0.39 is 10.0 Å². The number of rotatable bonds is 6. The summed E-state index contributed by atoms with van der Waals surface area (Å²) in [7, 11) is -0.255. The maximum atomic E-state index is 12.4. The number of nitrogens with zero attached hydrogens (tertiary/aromatic N) is 2. The minimum absolute atomic E-state index is 0.193. The lowest BCUT2D eigenvalue weighted by Gasteiger charge is -2.18. The zero-order valence-electron chi connectivity index (χ0n) is 10.8. The van der Waals surface area contributed by atoms with Crippen LogP contribution in [0.25, 0.3) is 0 Å². The van der Waals surface area contributed by atoms with Crippen molar-refractivity contribution in [3.05, 3.63) is 16.7 Å². The van der Waals surface area contributed by atoms with Crippen molar-refractivity contribution in [1.82, 2.24) is 9.29 Å². The summed E-state index contributed by atoms with van der Waals surface area (Å²) in [4.78, 5) is 4.25. The molecule has 1 rings (SSSR count). The summed E-state index contributed by atoms with van der Waals surface area (Å²) in [5.74, 6) is 0.363. The number of hydrogen-bond donors (Lipinski definition) is 1. The highest BCUT2D eigenvalue weighted by molar-refractivity contribution is 9.10. The molecule has 0 aliphatic carbocycles. The number of nitrogens with one attached hydrogen (secondary N) is 1. The molecule has 0 aliphatic rings. The van der Waals surface area contributed by atoms with Crippen LogP contribution in [0.1, 0.15) is 19.8 Å². The molecule has 7 heteroatoms. The average Bonchev–Trinajstić information content (AvgIpc) is 2.35. The molecule has 5 nitrogen and oxygen atoms in total. The van der Waals surface area contributed by atoms with Crippen LogP contribution in [0.4, 0.5) is 5.82 Å². The minimum Gasteiger partial charge on any atom is -0.372 e.